The van der Waals surface area contributed by atoms with E-state index in [-0.39, 0.29) is 10.6 Å². The molecular formula is C28H18Cl2N4O2. The van der Waals surface area contributed by atoms with E-state index >= 15 is 0 Å². The quantitative estimate of drug-likeness (QED) is 0.275. The summed E-state index contributed by atoms with van der Waals surface area (Å²) in [5.41, 5.74) is 9.77. The van der Waals surface area contributed by atoms with Crippen molar-refractivity contribution >= 4 is 46.0 Å². The maximum absolute atomic E-state index is 12.8. The van der Waals surface area contributed by atoms with Gasteiger partial charge < -0.3 is 0 Å². The van der Waals surface area contributed by atoms with Gasteiger partial charge in [0.1, 0.15) is 0 Å². The highest BCUT2D eigenvalue weighted by Crippen LogP contribution is 2.31. The zero-order valence-electron chi connectivity index (χ0n) is 18.7. The molecule has 0 aliphatic heterocycles. The summed E-state index contributed by atoms with van der Waals surface area (Å²) < 4.78 is 0. The molecule has 0 unspecified atom stereocenters. The van der Waals surface area contributed by atoms with E-state index in [9.17, 15) is 9.59 Å². The second-order valence-electron chi connectivity index (χ2n) is 7.89. The molecule has 176 valence electrons. The van der Waals surface area contributed by atoms with Crippen molar-refractivity contribution in [3.63, 3.8) is 0 Å². The van der Waals surface area contributed by atoms with Crippen LogP contribution in [0.3, 0.4) is 0 Å². The number of amides is 2. The van der Waals surface area contributed by atoms with Crippen molar-refractivity contribution in [1.82, 2.24) is 20.8 Å². The Morgan fingerprint density at radius 3 is 1.81 bits per heavy atom. The lowest BCUT2D eigenvalue weighted by molar-refractivity contribution is 0.0847. The first-order valence-electron chi connectivity index (χ1n) is 11.0. The molecule has 8 heteroatoms. The maximum Gasteiger partial charge on any atom is 0.271 e. The first kappa shape index (κ1) is 23.5. The number of carbonyl (C=O) groups is 2. The number of hydrogen-bond acceptors (Lipinski definition) is 4. The third kappa shape index (κ3) is 4.91. The Balaban J connectivity index is 1.45. The van der Waals surface area contributed by atoms with Gasteiger partial charge in [-0.05, 0) is 36.4 Å². The van der Waals surface area contributed by atoms with Crippen LogP contribution in [0.4, 0.5) is 0 Å². The number of benzene rings is 4. The fraction of sp³-hybridized carbons (Fsp3) is 0. The first-order valence-corrected chi connectivity index (χ1v) is 11.7. The van der Waals surface area contributed by atoms with Gasteiger partial charge in [0, 0.05) is 21.7 Å². The molecule has 1 aromatic heterocycles. The second-order valence-corrected chi connectivity index (χ2v) is 8.73. The number of hydrazine groups is 1. The fourth-order valence-corrected chi connectivity index (χ4v) is 4.21. The number of hydrogen-bond donors (Lipinski definition) is 2. The van der Waals surface area contributed by atoms with Gasteiger partial charge in [-0.15, -0.1) is 0 Å². The number of rotatable bonds is 4. The number of fused-ring (bicyclic) bond motifs is 1. The highest BCUT2D eigenvalue weighted by Gasteiger charge is 2.16. The minimum absolute atomic E-state index is 0.179. The first-order chi connectivity index (χ1) is 17.5. The minimum atomic E-state index is -0.565. The predicted octanol–water partition coefficient (Wildman–Crippen LogP) is 6.35. The van der Waals surface area contributed by atoms with Gasteiger partial charge >= 0.3 is 0 Å². The van der Waals surface area contributed by atoms with Gasteiger partial charge in [-0.1, -0.05) is 83.9 Å². The van der Waals surface area contributed by atoms with Gasteiger partial charge in [0.15, 0.2) is 0 Å². The number of aromatic nitrogens is 2. The molecule has 6 nitrogen and oxygen atoms in total. The Labute approximate surface area is 216 Å². The van der Waals surface area contributed by atoms with Crippen molar-refractivity contribution in [2.24, 2.45) is 0 Å². The molecule has 0 aliphatic rings. The van der Waals surface area contributed by atoms with E-state index in [1.807, 2.05) is 60.7 Å². The van der Waals surface area contributed by atoms with Crippen molar-refractivity contribution in [2.45, 2.75) is 0 Å². The van der Waals surface area contributed by atoms with Crippen LogP contribution in [-0.2, 0) is 0 Å². The second kappa shape index (κ2) is 10.2. The standard InChI is InChI=1S/C28H18Cl2N4O2/c29-20-12-13-21(22(30)16-20)28(36)34-33-27(35)19-11-14-23-24(15-19)32-26(18-9-5-2-6-10-18)25(31-23)17-7-3-1-4-8-17/h1-16H,(H,33,35)(H,34,36). The minimum Gasteiger partial charge on any atom is -0.267 e. The molecule has 0 spiro atoms. The summed E-state index contributed by atoms with van der Waals surface area (Å²) in [5.74, 6) is -1.07. The molecule has 36 heavy (non-hydrogen) atoms. The third-order valence-corrected chi connectivity index (χ3v) is 6.03. The number of carbonyl (C=O) groups excluding carboxylic acids is 2. The van der Waals surface area contributed by atoms with E-state index in [0.29, 0.717) is 27.3 Å². The summed E-state index contributed by atoms with van der Waals surface area (Å²) in [6, 6.07) is 29.1. The normalized spacial score (nSPS) is 10.7. The van der Waals surface area contributed by atoms with Crippen molar-refractivity contribution in [3.8, 4) is 22.5 Å². The number of nitrogens with zero attached hydrogens (tertiary/aromatic N) is 2. The Hall–Kier alpha value is -4.26. The van der Waals surface area contributed by atoms with E-state index in [1.165, 1.54) is 12.1 Å². The lowest BCUT2D eigenvalue weighted by atomic mass is 10.0. The average Bonchev–Trinajstić information content (AvgIpc) is 2.91. The van der Waals surface area contributed by atoms with E-state index in [2.05, 4.69) is 10.9 Å². The average molecular weight is 513 g/mol. The van der Waals surface area contributed by atoms with Crippen molar-refractivity contribution < 1.29 is 9.59 Å². The maximum atomic E-state index is 12.8. The fourth-order valence-electron chi connectivity index (χ4n) is 3.72. The molecule has 5 aromatic rings. The van der Waals surface area contributed by atoms with Crippen LogP contribution in [0.5, 0.6) is 0 Å². The number of nitrogens with one attached hydrogen (secondary N) is 2. The highest BCUT2D eigenvalue weighted by atomic mass is 35.5. The Bertz CT molecular complexity index is 1590. The molecule has 0 bridgehead atoms. The molecule has 5 rings (SSSR count). The Kier molecular flexibility index (Phi) is 6.62. The van der Waals surface area contributed by atoms with Gasteiger partial charge in [0.05, 0.1) is 33.0 Å². The summed E-state index contributed by atoms with van der Waals surface area (Å²) in [5, 5.41) is 0.584. The van der Waals surface area contributed by atoms with Gasteiger partial charge in [0.2, 0.25) is 0 Å². The summed E-state index contributed by atoms with van der Waals surface area (Å²) in [4.78, 5) is 34.9. The zero-order valence-corrected chi connectivity index (χ0v) is 20.2. The predicted molar refractivity (Wildman–Crippen MR) is 142 cm³/mol. The van der Waals surface area contributed by atoms with Crippen LogP contribution in [0, 0.1) is 0 Å². The molecule has 0 saturated carbocycles. The molecular weight excluding hydrogens is 495 g/mol. The SMILES string of the molecule is O=C(NNC(=O)c1ccc(Cl)cc1Cl)c1ccc2nc(-c3ccccc3)c(-c3ccccc3)nc2c1. The summed E-state index contributed by atoms with van der Waals surface area (Å²) >= 11 is 11.9. The molecule has 2 amide bonds. The lowest BCUT2D eigenvalue weighted by Gasteiger charge is -2.12. The van der Waals surface area contributed by atoms with Crippen molar-refractivity contribution in [2.75, 3.05) is 0 Å². The molecule has 0 atom stereocenters. The van der Waals surface area contributed by atoms with Gasteiger partial charge in [-0.25, -0.2) is 9.97 Å². The number of halogens is 2. The van der Waals surface area contributed by atoms with Gasteiger partial charge in [-0.2, -0.15) is 0 Å². The molecule has 0 fully saturated rings. The molecule has 0 radical (unpaired) electrons. The van der Waals surface area contributed by atoms with Crippen LogP contribution in [0.25, 0.3) is 33.5 Å². The van der Waals surface area contributed by atoms with E-state index in [0.717, 1.165) is 16.8 Å². The van der Waals surface area contributed by atoms with Gasteiger partial charge in [0.25, 0.3) is 11.8 Å². The smallest absolute Gasteiger partial charge is 0.267 e. The van der Waals surface area contributed by atoms with E-state index in [1.54, 1.807) is 24.3 Å². The van der Waals surface area contributed by atoms with E-state index in [4.69, 9.17) is 33.2 Å². The summed E-state index contributed by atoms with van der Waals surface area (Å²) in [6.07, 6.45) is 0. The molecule has 0 saturated heterocycles. The molecule has 1 heterocycles. The van der Waals surface area contributed by atoms with Crippen LogP contribution in [0.15, 0.2) is 97.1 Å². The van der Waals surface area contributed by atoms with Crippen LogP contribution in [-0.4, -0.2) is 21.8 Å². The van der Waals surface area contributed by atoms with Gasteiger partial charge in [-0.3, -0.25) is 20.4 Å². The summed E-state index contributed by atoms with van der Waals surface area (Å²) in [7, 11) is 0. The van der Waals surface area contributed by atoms with Crippen molar-refractivity contribution in [1.29, 1.82) is 0 Å². The molecule has 4 aromatic carbocycles. The van der Waals surface area contributed by atoms with Crippen LogP contribution < -0.4 is 10.9 Å². The van der Waals surface area contributed by atoms with Crippen LogP contribution >= 0.6 is 23.2 Å². The Morgan fingerprint density at radius 1 is 0.611 bits per heavy atom. The third-order valence-electron chi connectivity index (χ3n) is 5.49. The van der Waals surface area contributed by atoms with E-state index < -0.39 is 11.8 Å². The van der Waals surface area contributed by atoms with Crippen LogP contribution in [0.1, 0.15) is 20.7 Å². The largest absolute Gasteiger partial charge is 0.271 e. The topological polar surface area (TPSA) is 84.0 Å². The molecule has 2 N–H and O–H groups in total. The zero-order chi connectivity index (χ0) is 25.1. The van der Waals surface area contributed by atoms with Crippen LogP contribution in [0.2, 0.25) is 10.0 Å². The van der Waals surface area contributed by atoms with Crippen molar-refractivity contribution in [3.05, 3.63) is 118 Å². The summed E-state index contributed by atoms with van der Waals surface area (Å²) in [6.45, 7) is 0. The molecule has 0 aliphatic carbocycles. The lowest BCUT2D eigenvalue weighted by Crippen LogP contribution is -2.41. The Morgan fingerprint density at radius 2 is 1.19 bits per heavy atom. The monoisotopic (exact) mass is 512 g/mol. The highest BCUT2D eigenvalue weighted by molar-refractivity contribution is 6.36.